The van der Waals surface area contributed by atoms with Gasteiger partial charge < -0.3 is 9.15 Å². The number of aromatic nitrogens is 1. The van der Waals surface area contributed by atoms with E-state index in [0.717, 1.165) is 16.9 Å². The quantitative estimate of drug-likeness (QED) is 0.183. The third kappa shape index (κ3) is 5.42. The number of Topliss-reactive ketones (excluding diaryl/α,β-unsaturated/α-hetero) is 1. The number of halogens is 1. The predicted molar refractivity (Wildman–Crippen MR) is 162 cm³/mol. The summed E-state index contributed by atoms with van der Waals surface area (Å²) in [6.45, 7) is 3.34. The highest BCUT2D eigenvalue weighted by Crippen LogP contribution is 2.35. The second kappa shape index (κ2) is 11.6. The van der Waals surface area contributed by atoms with Gasteiger partial charge in [0.15, 0.2) is 10.6 Å². The van der Waals surface area contributed by atoms with Gasteiger partial charge >= 0.3 is 5.97 Å². The Kier molecular flexibility index (Phi) is 7.56. The average molecular weight is 593 g/mol. The molecule has 43 heavy (non-hydrogen) atoms. The van der Waals surface area contributed by atoms with Crippen molar-refractivity contribution in [2.24, 2.45) is 4.99 Å². The highest BCUT2D eigenvalue weighted by Gasteiger charge is 2.35. The molecule has 0 fully saturated rings. The van der Waals surface area contributed by atoms with Gasteiger partial charge in [0, 0.05) is 22.8 Å². The van der Waals surface area contributed by atoms with E-state index >= 15 is 0 Å². The molecule has 2 aromatic heterocycles. The zero-order chi connectivity index (χ0) is 30.1. The van der Waals surface area contributed by atoms with Crippen molar-refractivity contribution in [3.05, 3.63) is 145 Å². The minimum absolute atomic E-state index is 0.0254. The molecule has 1 aliphatic heterocycles. The van der Waals surface area contributed by atoms with E-state index in [-0.39, 0.29) is 23.5 Å². The van der Waals surface area contributed by atoms with Crippen molar-refractivity contribution < 1.29 is 23.1 Å². The zero-order valence-corrected chi connectivity index (χ0v) is 24.1. The molecule has 0 N–H and O–H groups in total. The molecule has 0 saturated heterocycles. The van der Waals surface area contributed by atoms with E-state index in [9.17, 15) is 18.8 Å². The molecule has 0 aliphatic carbocycles. The normalized spacial score (nSPS) is 14.8. The SMILES string of the molecule is CCOC(=O)C1=C(c2ccccc2)N=c2sc(=Cc3ccc(-c4ccc(C(C)=O)cc4)o3)c(=O)n2[C@H]1c1ccc(F)cc1. The smallest absolute Gasteiger partial charge is 0.338 e. The maximum absolute atomic E-state index is 14.0. The summed E-state index contributed by atoms with van der Waals surface area (Å²) in [5, 5.41) is 0. The predicted octanol–water partition coefficient (Wildman–Crippen LogP) is 5.54. The number of thiazole rings is 1. The van der Waals surface area contributed by atoms with Crippen LogP contribution in [-0.4, -0.2) is 22.9 Å². The van der Waals surface area contributed by atoms with E-state index < -0.39 is 17.8 Å². The number of hydrogen-bond acceptors (Lipinski definition) is 7. The van der Waals surface area contributed by atoms with Crippen molar-refractivity contribution >= 4 is 34.9 Å². The van der Waals surface area contributed by atoms with E-state index in [1.165, 1.54) is 23.6 Å². The van der Waals surface area contributed by atoms with Crippen LogP contribution in [-0.2, 0) is 9.53 Å². The number of nitrogens with zero attached hydrogens (tertiary/aromatic N) is 2. The van der Waals surface area contributed by atoms with Crippen LogP contribution in [0.25, 0.3) is 23.1 Å². The number of ether oxygens (including phenoxy) is 1. The molecule has 0 saturated carbocycles. The maximum Gasteiger partial charge on any atom is 0.338 e. The van der Waals surface area contributed by atoms with Crippen LogP contribution in [0.1, 0.15) is 47.1 Å². The molecule has 0 unspecified atom stereocenters. The molecular weight excluding hydrogens is 567 g/mol. The molecule has 7 nitrogen and oxygen atoms in total. The van der Waals surface area contributed by atoms with Crippen molar-refractivity contribution in [1.82, 2.24) is 4.57 Å². The van der Waals surface area contributed by atoms with Gasteiger partial charge in [0.25, 0.3) is 5.56 Å². The Morgan fingerprint density at radius 2 is 1.70 bits per heavy atom. The molecule has 0 radical (unpaired) electrons. The lowest BCUT2D eigenvalue weighted by atomic mass is 9.93. The standard InChI is InChI=1S/C34H25FN2O5S/c1-3-41-33(40)29-30(23-7-5-4-6-8-23)36-34-37(31(29)24-13-15-25(35)16-14-24)32(39)28(43-34)19-26-17-18-27(42-26)22-11-9-21(10-12-22)20(2)38/h4-19,31H,3H2,1-2H3/t31-/m0/s1. The van der Waals surface area contributed by atoms with Gasteiger partial charge in [-0.15, -0.1) is 0 Å². The van der Waals surface area contributed by atoms with Gasteiger partial charge in [0.2, 0.25) is 0 Å². The van der Waals surface area contributed by atoms with Gasteiger partial charge in [0.05, 0.1) is 28.5 Å². The Morgan fingerprint density at radius 1 is 0.977 bits per heavy atom. The lowest BCUT2D eigenvalue weighted by Gasteiger charge is -2.25. The molecule has 0 amide bonds. The van der Waals surface area contributed by atoms with Crippen LogP contribution in [0.4, 0.5) is 4.39 Å². The van der Waals surface area contributed by atoms with Crippen LogP contribution in [0, 0.1) is 5.82 Å². The molecule has 6 rings (SSSR count). The number of ketones is 1. The van der Waals surface area contributed by atoms with E-state index in [2.05, 4.69) is 0 Å². The van der Waals surface area contributed by atoms with Crippen LogP contribution in [0.2, 0.25) is 0 Å². The molecule has 9 heteroatoms. The van der Waals surface area contributed by atoms with E-state index in [1.54, 1.807) is 61.5 Å². The Balaban J connectivity index is 1.52. The molecule has 5 aromatic rings. The summed E-state index contributed by atoms with van der Waals surface area (Å²) in [7, 11) is 0. The number of esters is 1. The first-order chi connectivity index (χ1) is 20.8. The Hall–Kier alpha value is -5.15. The number of benzene rings is 3. The fourth-order valence-corrected chi connectivity index (χ4v) is 5.97. The number of fused-ring (bicyclic) bond motifs is 1. The van der Waals surface area contributed by atoms with Gasteiger partial charge in [-0.3, -0.25) is 14.2 Å². The number of carbonyl (C=O) groups is 2. The van der Waals surface area contributed by atoms with Crippen LogP contribution >= 0.6 is 11.3 Å². The van der Waals surface area contributed by atoms with E-state index in [1.807, 2.05) is 30.3 Å². The Labute approximate surface area is 249 Å². The first-order valence-corrected chi connectivity index (χ1v) is 14.4. The maximum atomic E-state index is 14.0. The molecule has 1 aliphatic rings. The Bertz CT molecular complexity index is 2050. The number of hydrogen-bond donors (Lipinski definition) is 0. The highest BCUT2D eigenvalue weighted by molar-refractivity contribution is 7.07. The largest absolute Gasteiger partial charge is 0.463 e. The zero-order valence-electron chi connectivity index (χ0n) is 23.2. The third-order valence-corrected chi connectivity index (χ3v) is 8.02. The first-order valence-electron chi connectivity index (χ1n) is 13.6. The molecule has 1 atom stereocenters. The van der Waals surface area contributed by atoms with Gasteiger partial charge in [-0.1, -0.05) is 78.1 Å². The monoisotopic (exact) mass is 592 g/mol. The third-order valence-electron chi connectivity index (χ3n) is 7.04. The Morgan fingerprint density at radius 3 is 2.37 bits per heavy atom. The van der Waals surface area contributed by atoms with Gasteiger partial charge in [-0.05, 0) is 43.7 Å². The molecule has 0 bridgehead atoms. The fraction of sp³-hybridized carbons (Fsp3) is 0.118. The summed E-state index contributed by atoms with van der Waals surface area (Å²) in [5.74, 6) is -0.0511. The summed E-state index contributed by atoms with van der Waals surface area (Å²) in [4.78, 5) is 44.3. The second-order valence-electron chi connectivity index (χ2n) is 9.82. The molecule has 3 heterocycles. The summed E-state index contributed by atoms with van der Waals surface area (Å²) in [6, 6.07) is 24.6. The van der Waals surface area contributed by atoms with Gasteiger partial charge in [-0.2, -0.15) is 0 Å². The minimum Gasteiger partial charge on any atom is -0.463 e. The van der Waals surface area contributed by atoms with Crippen molar-refractivity contribution in [2.45, 2.75) is 19.9 Å². The van der Waals surface area contributed by atoms with E-state index in [0.29, 0.717) is 43.2 Å². The van der Waals surface area contributed by atoms with Crippen LogP contribution in [0.3, 0.4) is 0 Å². The molecule has 3 aromatic carbocycles. The van der Waals surface area contributed by atoms with Crippen LogP contribution < -0.4 is 14.9 Å². The average Bonchev–Trinajstić information content (AvgIpc) is 3.61. The topological polar surface area (TPSA) is 90.9 Å². The highest BCUT2D eigenvalue weighted by atomic mass is 32.1. The first kappa shape index (κ1) is 28.0. The molecule has 0 spiro atoms. The van der Waals surface area contributed by atoms with Crippen molar-refractivity contribution in [3.63, 3.8) is 0 Å². The summed E-state index contributed by atoms with van der Waals surface area (Å²) >= 11 is 1.16. The summed E-state index contributed by atoms with van der Waals surface area (Å²) in [6.07, 6.45) is 1.63. The van der Waals surface area contributed by atoms with E-state index in [4.69, 9.17) is 14.1 Å². The lowest BCUT2D eigenvalue weighted by molar-refractivity contribution is -0.138. The second-order valence-corrected chi connectivity index (χ2v) is 10.8. The fourth-order valence-electron chi connectivity index (χ4n) is 4.98. The van der Waals surface area contributed by atoms with Crippen LogP contribution in [0.15, 0.2) is 111 Å². The van der Waals surface area contributed by atoms with Crippen molar-refractivity contribution in [2.75, 3.05) is 6.61 Å². The number of rotatable bonds is 7. The van der Waals surface area contributed by atoms with Crippen LogP contribution in [0.5, 0.6) is 0 Å². The number of furan rings is 1. The number of carbonyl (C=O) groups excluding carboxylic acids is 2. The summed E-state index contributed by atoms with van der Waals surface area (Å²) < 4.78 is 27.2. The molecular formula is C34H25FN2O5S. The molecule has 214 valence electrons. The minimum atomic E-state index is -0.903. The van der Waals surface area contributed by atoms with Crippen molar-refractivity contribution in [1.29, 1.82) is 0 Å². The summed E-state index contributed by atoms with van der Waals surface area (Å²) in [5.41, 5.74) is 2.80. The lowest BCUT2D eigenvalue weighted by Crippen LogP contribution is -2.40. The van der Waals surface area contributed by atoms with Gasteiger partial charge in [-0.25, -0.2) is 14.2 Å². The van der Waals surface area contributed by atoms with Gasteiger partial charge in [0.1, 0.15) is 17.3 Å². The van der Waals surface area contributed by atoms with Crippen molar-refractivity contribution in [3.8, 4) is 11.3 Å².